The number of sulfonamides is 1. The van der Waals surface area contributed by atoms with Crippen LogP contribution < -0.4 is 9.62 Å². The SMILES string of the molecule is CCNC(=O)c1ccc(N(Cc2c(Cl)cccc2Cl)S(C)(=O)=O)cc1. The molecule has 25 heavy (non-hydrogen) atoms. The maximum Gasteiger partial charge on any atom is 0.251 e. The molecule has 2 rings (SSSR count). The number of carbonyl (C=O) groups excluding carboxylic acids is 1. The standard InChI is InChI=1S/C17H18Cl2N2O3S/c1-3-20-17(22)12-7-9-13(10-8-12)21(25(2,23)24)11-14-15(18)5-4-6-16(14)19/h4-10H,3,11H2,1-2H3,(H,20,22). The predicted molar refractivity (Wildman–Crippen MR) is 102 cm³/mol. The van der Waals surface area contributed by atoms with Crippen LogP contribution in [0.2, 0.25) is 10.0 Å². The lowest BCUT2D eigenvalue weighted by Gasteiger charge is -2.23. The first kappa shape index (κ1) is 19.6. The van der Waals surface area contributed by atoms with E-state index in [1.54, 1.807) is 42.5 Å². The van der Waals surface area contributed by atoms with Crippen LogP contribution in [0.5, 0.6) is 0 Å². The third-order valence-electron chi connectivity index (χ3n) is 3.52. The maximum atomic E-state index is 12.2. The van der Waals surface area contributed by atoms with Crippen molar-refractivity contribution < 1.29 is 13.2 Å². The fourth-order valence-electron chi connectivity index (χ4n) is 2.27. The first-order valence-electron chi connectivity index (χ1n) is 7.53. The van der Waals surface area contributed by atoms with Gasteiger partial charge in [-0.15, -0.1) is 0 Å². The van der Waals surface area contributed by atoms with Gasteiger partial charge in [0, 0.05) is 27.7 Å². The molecule has 0 fully saturated rings. The summed E-state index contributed by atoms with van der Waals surface area (Å²) < 4.78 is 25.7. The largest absolute Gasteiger partial charge is 0.352 e. The Morgan fingerprint density at radius 1 is 1.08 bits per heavy atom. The Morgan fingerprint density at radius 3 is 2.12 bits per heavy atom. The van der Waals surface area contributed by atoms with Gasteiger partial charge >= 0.3 is 0 Å². The number of anilines is 1. The zero-order chi connectivity index (χ0) is 18.6. The van der Waals surface area contributed by atoms with Crippen molar-refractivity contribution in [1.82, 2.24) is 5.32 Å². The lowest BCUT2D eigenvalue weighted by Crippen LogP contribution is -2.29. The van der Waals surface area contributed by atoms with Crippen LogP contribution in [0.25, 0.3) is 0 Å². The Kier molecular flexibility index (Phi) is 6.32. The van der Waals surface area contributed by atoms with E-state index >= 15 is 0 Å². The third-order valence-corrected chi connectivity index (χ3v) is 5.37. The Balaban J connectivity index is 2.38. The van der Waals surface area contributed by atoms with E-state index in [4.69, 9.17) is 23.2 Å². The van der Waals surface area contributed by atoms with Gasteiger partial charge < -0.3 is 5.32 Å². The number of halogens is 2. The summed E-state index contributed by atoms with van der Waals surface area (Å²) in [4.78, 5) is 11.8. The number of rotatable bonds is 6. The molecular weight excluding hydrogens is 383 g/mol. The second kappa shape index (κ2) is 8.08. The topological polar surface area (TPSA) is 66.5 Å². The smallest absolute Gasteiger partial charge is 0.251 e. The van der Waals surface area contributed by atoms with Crippen molar-refractivity contribution in [3.8, 4) is 0 Å². The third kappa shape index (κ3) is 4.87. The molecule has 134 valence electrons. The van der Waals surface area contributed by atoms with E-state index in [-0.39, 0.29) is 12.5 Å². The zero-order valence-corrected chi connectivity index (χ0v) is 16.1. The second-order valence-electron chi connectivity index (χ2n) is 5.38. The van der Waals surface area contributed by atoms with Gasteiger partial charge in [0.05, 0.1) is 18.5 Å². The monoisotopic (exact) mass is 400 g/mol. The maximum absolute atomic E-state index is 12.2. The van der Waals surface area contributed by atoms with Crippen LogP contribution >= 0.6 is 23.2 Å². The van der Waals surface area contributed by atoms with E-state index in [1.165, 1.54) is 4.31 Å². The number of nitrogens with one attached hydrogen (secondary N) is 1. The van der Waals surface area contributed by atoms with Crippen LogP contribution in [0, 0.1) is 0 Å². The van der Waals surface area contributed by atoms with Crippen molar-refractivity contribution in [2.24, 2.45) is 0 Å². The number of nitrogens with zero attached hydrogens (tertiary/aromatic N) is 1. The average Bonchev–Trinajstić information content (AvgIpc) is 2.54. The van der Waals surface area contributed by atoms with Crippen LogP contribution in [-0.4, -0.2) is 27.1 Å². The number of benzene rings is 2. The van der Waals surface area contributed by atoms with Crippen LogP contribution in [0.1, 0.15) is 22.8 Å². The molecule has 0 atom stereocenters. The summed E-state index contributed by atoms with van der Waals surface area (Å²) in [6, 6.07) is 11.3. The van der Waals surface area contributed by atoms with E-state index in [0.29, 0.717) is 33.4 Å². The Labute approximate surface area is 157 Å². The van der Waals surface area contributed by atoms with E-state index in [2.05, 4.69) is 5.32 Å². The number of hydrogen-bond acceptors (Lipinski definition) is 3. The quantitative estimate of drug-likeness (QED) is 0.803. The van der Waals surface area contributed by atoms with E-state index in [9.17, 15) is 13.2 Å². The molecule has 0 aliphatic carbocycles. The highest BCUT2D eigenvalue weighted by Gasteiger charge is 2.21. The number of carbonyl (C=O) groups is 1. The highest BCUT2D eigenvalue weighted by Crippen LogP contribution is 2.29. The first-order chi connectivity index (χ1) is 11.7. The number of hydrogen-bond donors (Lipinski definition) is 1. The molecular formula is C17H18Cl2N2O3S. The Hall–Kier alpha value is -1.76. The van der Waals surface area contributed by atoms with Gasteiger partial charge in [0.2, 0.25) is 10.0 Å². The zero-order valence-electron chi connectivity index (χ0n) is 13.8. The van der Waals surface area contributed by atoms with Crippen LogP contribution in [-0.2, 0) is 16.6 Å². The first-order valence-corrected chi connectivity index (χ1v) is 10.1. The summed E-state index contributed by atoms with van der Waals surface area (Å²) in [6.45, 7) is 2.34. The highest BCUT2D eigenvalue weighted by atomic mass is 35.5. The predicted octanol–water partition coefficient (Wildman–Crippen LogP) is 3.71. The Morgan fingerprint density at radius 2 is 1.64 bits per heavy atom. The van der Waals surface area contributed by atoms with E-state index < -0.39 is 10.0 Å². The van der Waals surface area contributed by atoms with Gasteiger partial charge in [-0.1, -0.05) is 29.3 Å². The fourth-order valence-corrected chi connectivity index (χ4v) is 3.65. The van der Waals surface area contributed by atoms with Crippen molar-refractivity contribution >= 4 is 44.8 Å². The average molecular weight is 401 g/mol. The molecule has 0 saturated carbocycles. The van der Waals surface area contributed by atoms with Crippen molar-refractivity contribution in [3.05, 3.63) is 63.6 Å². The van der Waals surface area contributed by atoms with Gasteiger partial charge in [0.25, 0.3) is 5.91 Å². The summed E-state index contributed by atoms with van der Waals surface area (Å²) in [6.07, 6.45) is 1.11. The molecule has 1 N–H and O–H groups in total. The molecule has 0 bridgehead atoms. The lowest BCUT2D eigenvalue weighted by molar-refractivity contribution is 0.0956. The molecule has 0 aromatic heterocycles. The van der Waals surface area contributed by atoms with E-state index in [0.717, 1.165) is 6.26 Å². The normalized spacial score (nSPS) is 11.2. The summed E-state index contributed by atoms with van der Waals surface area (Å²) in [5.74, 6) is -0.214. The van der Waals surface area contributed by atoms with Gasteiger partial charge in [0.15, 0.2) is 0 Å². The summed E-state index contributed by atoms with van der Waals surface area (Å²) >= 11 is 12.3. The molecule has 0 radical (unpaired) electrons. The molecule has 8 heteroatoms. The molecule has 2 aromatic carbocycles. The van der Waals surface area contributed by atoms with Gasteiger partial charge in [-0.25, -0.2) is 8.42 Å². The highest BCUT2D eigenvalue weighted by molar-refractivity contribution is 7.92. The van der Waals surface area contributed by atoms with Crippen LogP contribution in [0.4, 0.5) is 5.69 Å². The second-order valence-corrected chi connectivity index (χ2v) is 8.10. The number of amides is 1. The minimum atomic E-state index is -3.58. The molecule has 0 aliphatic rings. The lowest BCUT2D eigenvalue weighted by atomic mass is 10.1. The van der Waals surface area contributed by atoms with Crippen molar-refractivity contribution in [1.29, 1.82) is 0 Å². The van der Waals surface area contributed by atoms with Crippen molar-refractivity contribution in [2.45, 2.75) is 13.5 Å². The molecule has 1 amide bonds. The van der Waals surface area contributed by atoms with Crippen molar-refractivity contribution in [3.63, 3.8) is 0 Å². The Bertz CT molecular complexity index is 848. The van der Waals surface area contributed by atoms with Gasteiger partial charge in [-0.2, -0.15) is 0 Å². The molecule has 0 saturated heterocycles. The van der Waals surface area contributed by atoms with E-state index in [1.807, 2.05) is 6.92 Å². The van der Waals surface area contributed by atoms with Crippen LogP contribution in [0.3, 0.4) is 0 Å². The fraction of sp³-hybridized carbons (Fsp3) is 0.235. The molecule has 2 aromatic rings. The van der Waals surface area contributed by atoms with Crippen molar-refractivity contribution in [2.75, 3.05) is 17.1 Å². The van der Waals surface area contributed by atoms with Crippen LogP contribution in [0.15, 0.2) is 42.5 Å². The summed E-state index contributed by atoms with van der Waals surface area (Å²) in [7, 11) is -3.58. The molecule has 0 unspecified atom stereocenters. The molecule has 0 heterocycles. The molecule has 5 nitrogen and oxygen atoms in total. The molecule has 0 aliphatic heterocycles. The van der Waals surface area contributed by atoms with Gasteiger partial charge in [-0.3, -0.25) is 9.10 Å². The summed E-state index contributed by atoms with van der Waals surface area (Å²) in [5.41, 5.74) is 1.39. The summed E-state index contributed by atoms with van der Waals surface area (Å²) in [5, 5.41) is 3.47. The molecule has 0 spiro atoms. The minimum Gasteiger partial charge on any atom is -0.352 e. The van der Waals surface area contributed by atoms with Gasteiger partial charge in [0.1, 0.15) is 0 Å². The minimum absolute atomic E-state index is 0.00214. The van der Waals surface area contributed by atoms with Gasteiger partial charge in [-0.05, 0) is 43.3 Å².